The van der Waals surface area contributed by atoms with Gasteiger partial charge in [0.05, 0.1) is 18.0 Å². The molecule has 0 amide bonds. The lowest BCUT2D eigenvalue weighted by Crippen LogP contribution is -2.36. The van der Waals surface area contributed by atoms with E-state index in [9.17, 15) is 4.39 Å². The van der Waals surface area contributed by atoms with Crippen molar-refractivity contribution in [3.8, 4) is 0 Å². The number of methoxy groups -OCH3 is 1. The van der Waals surface area contributed by atoms with E-state index in [0.29, 0.717) is 12.3 Å². The minimum absolute atomic E-state index is 0.211. The highest BCUT2D eigenvalue weighted by Crippen LogP contribution is 2.25. The predicted molar refractivity (Wildman–Crippen MR) is 65.2 cm³/mol. The van der Waals surface area contributed by atoms with Gasteiger partial charge in [0.2, 0.25) is 0 Å². The van der Waals surface area contributed by atoms with Gasteiger partial charge in [0.1, 0.15) is 5.82 Å². The Hall–Kier alpha value is -1.29. The van der Waals surface area contributed by atoms with Crippen LogP contribution in [0, 0.1) is 5.82 Å². The molecule has 0 bridgehead atoms. The minimum Gasteiger partial charge on any atom is -0.397 e. The van der Waals surface area contributed by atoms with Crippen LogP contribution in [0.5, 0.6) is 0 Å². The first-order valence-electron chi connectivity index (χ1n) is 5.40. The van der Waals surface area contributed by atoms with E-state index in [1.54, 1.807) is 13.2 Å². The molecule has 0 saturated heterocycles. The van der Waals surface area contributed by atoms with Gasteiger partial charge in [-0.2, -0.15) is 0 Å². The summed E-state index contributed by atoms with van der Waals surface area (Å²) in [6, 6.07) is 4.69. The molecule has 1 aromatic carbocycles. The van der Waals surface area contributed by atoms with Gasteiger partial charge in [-0.05, 0) is 32.0 Å². The van der Waals surface area contributed by atoms with E-state index < -0.39 is 0 Å². The summed E-state index contributed by atoms with van der Waals surface area (Å²) in [5.41, 5.74) is 7.13. The SMILES string of the molecule is CCN(c1ccc(F)cc1N)C(C)COC. The third-order valence-electron chi connectivity index (χ3n) is 2.58. The molecule has 0 saturated carbocycles. The van der Waals surface area contributed by atoms with Crippen LogP contribution in [-0.4, -0.2) is 26.3 Å². The maximum absolute atomic E-state index is 12.9. The molecule has 0 fully saturated rings. The Morgan fingerprint density at radius 3 is 2.69 bits per heavy atom. The monoisotopic (exact) mass is 226 g/mol. The van der Waals surface area contributed by atoms with Crippen molar-refractivity contribution >= 4 is 11.4 Å². The second kappa shape index (κ2) is 5.70. The number of nitrogen functional groups attached to an aromatic ring is 1. The van der Waals surface area contributed by atoms with Gasteiger partial charge in [0.25, 0.3) is 0 Å². The summed E-state index contributed by atoms with van der Waals surface area (Å²) in [5.74, 6) is -0.309. The van der Waals surface area contributed by atoms with E-state index >= 15 is 0 Å². The van der Waals surface area contributed by atoms with Crippen molar-refractivity contribution in [2.45, 2.75) is 19.9 Å². The molecule has 4 heteroatoms. The highest BCUT2D eigenvalue weighted by atomic mass is 19.1. The van der Waals surface area contributed by atoms with Gasteiger partial charge in [-0.25, -0.2) is 4.39 Å². The standard InChI is InChI=1S/C12H19FN2O/c1-4-15(9(2)8-16-3)12-6-5-10(13)7-11(12)14/h5-7,9H,4,8,14H2,1-3H3. The quantitative estimate of drug-likeness (QED) is 0.783. The lowest BCUT2D eigenvalue weighted by Gasteiger charge is -2.30. The molecule has 0 radical (unpaired) electrons. The predicted octanol–water partition coefficient (Wildman–Crippen LogP) is 2.27. The van der Waals surface area contributed by atoms with Crippen LogP contribution in [-0.2, 0) is 4.74 Å². The summed E-state index contributed by atoms with van der Waals surface area (Å²) >= 11 is 0. The van der Waals surface area contributed by atoms with Gasteiger partial charge in [-0.1, -0.05) is 0 Å². The van der Waals surface area contributed by atoms with Crippen LogP contribution in [0.1, 0.15) is 13.8 Å². The number of nitrogens with zero attached hydrogens (tertiary/aromatic N) is 1. The molecule has 0 aliphatic heterocycles. The molecule has 1 atom stereocenters. The lowest BCUT2D eigenvalue weighted by atomic mass is 10.2. The van der Waals surface area contributed by atoms with Crippen LogP contribution in [0.25, 0.3) is 0 Å². The van der Waals surface area contributed by atoms with Gasteiger partial charge in [-0.3, -0.25) is 0 Å². The number of benzene rings is 1. The van der Waals surface area contributed by atoms with E-state index in [2.05, 4.69) is 11.8 Å². The summed E-state index contributed by atoms with van der Waals surface area (Å²) in [7, 11) is 1.67. The van der Waals surface area contributed by atoms with Gasteiger partial charge >= 0.3 is 0 Å². The zero-order valence-electron chi connectivity index (χ0n) is 10.0. The molecule has 90 valence electrons. The van der Waals surface area contributed by atoms with Crippen molar-refractivity contribution in [2.24, 2.45) is 0 Å². The highest BCUT2D eigenvalue weighted by Gasteiger charge is 2.15. The first-order chi connectivity index (χ1) is 7.60. The largest absolute Gasteiger partial charge is 0.397 e. The van der Waals surface area contributed by atoms with Gasteiger partial charge in [0, 0.05) is 19.7 Å². The second-order valence-corrected chi connectivity index (χ2v) is 3.79. The smallest absolute Gasteiger partial charge is 0.125 e. The van der Waals surface area contributed by atoms with Crippen molar-refractivity contribution in [3.63, 3.8) is 0 Å². The topological polar surface area (TPSA) is 38.5 Å². The molecule has 0 aromatic heterocycles. The number of halogens is 1. The Morgan fingerprint density at radius 2 is 2.19 bits per heavy atom. The molecule has 1 rings (SSSR count). The molecular formula is C12H19FN2O. The van der Waals surface area contributed by atoms with Crippen LogP contribution < -0.4 is 10.6 Å². The Balaban J connectivity index is 2.94. The maximum Gasteiger partial charge on any atom is 0.125 e. The average molecular weight is 226 g/mol. The molecule has 0 aliphatic rings. The van der Waals surface area contributed by atoms with E-state index in [0.717, 1.165) is 12.2 Å². The number of nitrogens with two attached hydrogens (primary N) is 1. The number of anilines is 2. The zero-order chi connectivity index (χ0) is 12.1. The second-order valence-electron chi connectivity index (χ2n) is 3.79. The fourth-order valence-electron chi connectivity index (χ4n) is 1.84. The molecule has 1 aromatic rings. The molecule has 16 heavy (non-hydrogen) atoms. The third kappa shape index (κ3) is 2.85. The molecule has 0 heterocycles. The van der Waals surface area contributed by atoms with E-state index in [1.165, 1.54) is 12.1 Å². The molecule has 3 nitrogen and oxygen atoms in total. The van der Waals surface area contributed by atoms with Gasteiger partial charge in [0.15, 0.2) is 0 Å². The molecular weight excluding hydrogens is 207 g/mol. The maximum atomic E-state index is 12.9. The number of rotatable bonds is 5. The summed E-state index contributed by atoms with van der Waals surface area (Å²) in [4.78, 5) is 2.10. The summed E-state index contributed by atoms with van der Waals surface area (Å²) in [6.07, 6.45) is 0. The molecule has 1 unspecified atom stereocenters. The van der Waals surface area contributed by atoms with Crippen LogP contribution in [0.4, 0.5) is 15.8 Å². The van der Waals surface area contributed by atoms with E-state index in [4.69, 9.17) is 10.5 Å². The van der Waals surface area contributed by atoms with Crippen molar-refractivity contribution in [2.75, 3.05) is 30.9 Å². The molecule has 0 spiro atoms. The third-order valence-corrected chi connectivity index (χ3v) is 2.58. The normalized spacial score (nSPS) is 12.5. The van der Waals surface area contributed by atoms with Crippen LogP contribution in [0.15, 0.2) is 18.2 Å². The van der Waals surface area contributed by atoms with Crippen molar-refractivity contribution < 1.29 is 9.13 Å². The highest BCUT2D eigenvalue weighted by molar-refractivity contribution is 5.67. The summed E-state index contributed by atoms with van der Waals surface area (Å²) < 4.78 is 18.1. The fourth-order valence-corrected chi connectivity index (χ4v) is 1.84. The van der Waals surface area contributed by atoms with E-state index in [1.807, 2.05) is 6.92 Å². The van der Waals surface area contributed by atoms with Crippen LogP contribution >= 0.6 is 0 Å². The minimum atomic E-state index is -0.309. The number of hydrogen-bond acceptors (Lipinski definition) is 3. The van der Waals surface area contributed by atoms with Gasteiger partial charge < -0.3 is 15.4 Å². The Labute approximate surface area is 96.0 Å². The van der Waals surface area contributed by atoms with Crippen molar-refractivity contribution in [3.05, 3.63) is 24.0 Å². The Morgan fingerprint density at radius 1 is 1.50 bits per heavy atom. The molecule has 0 aliphatic carbocycles. The summed E-state index contributed by atoms with van der Waals surface area (Å²) in [6.45, 7) is 5.51. The summed E-state index contributed by atoms with van der Waals surface area (Å²) in [5, 5.41) is 0. The van der Waals surface area contributed by atoms with Crippen LogP contribution in [0.3, 0.4) is 0 Å². The zero-order valence-corrected chi connectivity index (χ0v) is 10.0. The van der Waals surface area contributed by atoms with Crippen molar-refractivity contribution in [1.82, 2.24) is 0 Å². The number of ether oxygens (including phenoxy) is 1. The first kappa shape index (κ1) is 12.8. The lowest BCUT2D eigenvalue weighted by molar-refractivity contribution is 0.182. The Kier molecular flexibility index (Phi) is 4.55. The van der Waals surface area contributed by atoms with E-state index in [-0.39, 0.29) is 11.9 Å². The average Bonchev–Trinajstić information content (AvgIpc) is 2.22. The number of likely N-dealkylation sites (N-methyl/N-ethyl adjacent to an activating group) is 1. The number of hydrogen-bond donors (Lipinski definition) is 1. The first-order valence-corrected chi connectivity index (χ1v) is 5.40. The molecule has 2 N–H and O–H groups in total. The van der Waals surface area contributed by atoms with Crippen LogP contribution in [0.2, 0.25) is 0 Å². The van der Waals surface area contributed by atoms with Gasteiger partial charge in [-0.15, -0.1) is 0 Å². The van der Waals surface area contributed by atoms with Crippen molar-refractivity contribution in [1.29, 1.82) is 0 Å². The fraction of sp³-hybridized carbons (Fsp3) is 0.500. The Bertz CT molecular complexity index is 344.